The first-order valence-electron chi connectivity index (χ1n) is 8.80. The van der Waals surface area contributed by atoms with E-state index >= 15 is 0 Å². The number of rotatable bonds is 7. The number of benzene rings is 3. The molecule has 0 heterocycles. The summed E-state index contributed by atoms with van der Waals surface area (Å²) in [5.41, 5.74) is 2.47. The molecule has 3 aromatic carbocycles. The predicted molar refractivity (Wildman–Crippen MR) is 111 cm³/mol. The highest BCUT2D eigenvalue weighted by molar-refractivity contribution is 7.67. The molecule has 0 aromatic heterocycles. The molecule has 0 amide bonds. The quantitative estimate of drug-likeness (QED) is 0.610. The van der Waals surface area contributed by atoms with Crippen molar-refractivity contribution in [1.29, 1.82) is 0 Å². The standard InChI is InChI=1S/C22H24NO3P/c1-23(2)20-13-15-21(16-14-20)27(25,22(24)19-11-7-4-8-12-19)26-17-18-9-5-3-6-10-18/h3-16,22,24H,17H2,1-2H3/t22-,27-/m0/s1. The molecule has 3 aromatic rings. The smallest absolute Gasteiger partial charge is 0.264 e. The van der Waals surface area contributed by atoms with Gasteiger partial charge in [-0.1, -0.05) is 60.7 Å². The van der Waals surface area contributed by atoms with Gasteiger partial charge in [-0.2, -0.15) is 0 Å². The molecule has 0 aliphatic heterocycles. The highest BCUT2D eigenvalue weighted by Crippen LogP contribution is 2.58. The van der Waals surface area contributed by atoms with E-state index in [1.807, 2.05) is 79.7 Å². The van der Waals surface area contributed by atoms with E-state index in [1.165, 1.54) is 0 Å². The van der Waals surface area contributed by atoms with Crippen LogP contribution in [0.2, 0.25) is 0 Å². The molecule has 3 rings (SSSR count). The van der Waals surface area contributed by atoms with Gasteiger partial charge in [0.05, 0.1) is 6.61 Å². The van der Waals surface area contributed by atoms with E-state index in [1.54, 1.807) is 24.3 Å². The average molecular weight is 381 g/mol. The van der Waals surface area contributed by atoms with Crippen molar-refractivity contribution in [2.75, 3.05) is 19.0 Å². The lowest BCUT2D eigenvalue weighted by Crippen LogP contribution is -2.16. The van der Waals surface area contributed by atoms with Crippen LogP contribution in [-0.4, -0.2) is 19.2 Å². The topological polar surface area (TPSA) is 49.8 Å². The van der Waals surface area contributed by atoms with Gasteiger partial charge in [0.15, 0.2) is 5.85 Å². The fourth-order valence-electron chi connectivity index (χ4n) is 2.81. The van der Waals surface area contributed by atoms with Crippen molar-refractivity contribution in [1.82, 2.24) is 0 Å². The molecule has 140 valence electrons. The monoisotopic (exact) mass is 381 g/mol. The third-order valence-electron chi connectivity index (χ3n) is 4.41. The van der Waals surface area contributed by atoms with E-state index in [-0.39, 0.29) is 6.61 Å². The number of aliphatic hydroxyl groups is 1. The first-order chi connectivity index (χ1) is 13.0. The summed E-state index contributed by atoms with van der Waals surface area (Å²) in [7, 11) is 0.324. The summed E-state index contributed by atoms with van der Waals surface area (Å²) in [6.45, 7) is 0.164. The van der Waals surface area contributed by atoms with Gasteiger partial charge < -0.3 is 14.5 Å². The van der Waals surface area contributed by atoms with Gasteiger partial charge in [0.25, 0.3) is 7.37 Å². The van der Waals surface area contributed by atoms with Crippen LogP contribution in [0.1, 0.15) is 17.0 Å². The molecule has 0 aliphatic carbocycles. The van der Waals surface area contributed by atoms with E-state index in [2.05, 4.69) is 0 Å². The van der Waals surface area contributed by atoms with Gasteiger partial charge >= 0.3 is 0 Å². The third kappa shape index (κ3) is 4.48. The summed E-state index contributed by atoms with van der Waals surface area (Å²) in [5.74, 6) is -1.23. The van der Waals surface area contributed by atoms with E-state index < -0.39 is 13.2 Å². The molecule has 0 spiro atoms. The summed E-state index contributed by atoms with van der Waals surface area (Å²) in [5, 5.41) is 11.5. The molecule has 0 saturated heterocycles. The summed E-state index contributed by atoms with van der Waals surface area (Å²) >= 11 is 0. The second-order valence-corrected chi connectivity index (χ2v) is 9.01. The Morgan fingerprint density at radius 2 is 1.44 bits per heavy atom. The van der Waals surface area contributed by atoms with Crippen molar-refractivity contribution in [2.24, 2.45) is 0 Å². The molecule has 5 heteroatoms. The van der Waals surface area contributed by atoms with E-state index in [0.717, 1.165) is 11.3 Å². The lowest BCUT2D eigenvalue weighted by molar-refractivity contribution is 0.210. The number of nitrogens with zero attached hydrogens (tertiary/aromatic N) is 1. The first kappa shape index (κ1) is 19.4. The summed E-state index contributed by atoms with van der Waals surface area (Å²) < 4.78 is 19.8. The van der Waals surface area contributed by atoms with Crippen molar-refractivity contribution in [2.45, 2.75) is 12.5 Å². The maximum atomic E-state index is 13.9. The second-order valence-electron chi connectivity index (χ2n) is 6.55. The second kappa shape index (κ2) is 8.53. The van der Waals surface area contributed by atoms with Gasteiger partial charge in [0.1, 0.15) is 0 Å². The van der Waals surface area contributed by atoms with Crippen LogP contribution in [0, 0.1) is 0 Å². The van der Waals surface area contributed by atoms with Crippen molar-refractivity contribution in [3.8, 4) is 0 Å². The van der Waals surface area contributed by atoms with E-state index in [0.29, 0.717) is 10.9 Å². The van der Waals surface area contributed by atoms with Gasteiger partial charge in [-0.3, -0.25) is 4.57 Å². The number of hydrogen-bond acceptors (Lipinski definition) is 4. The Balaban J connectivity index is 1.96. The summed E-state index contributed by atoms with van der Waals surface area (Å²) in [4.78, 5) is 1.97. The molecule has 0 unspecified atom stereocenters. The van der Waals surface area contributed by atoms with Gasteiger partial charge in [0.2, 0.25) is 0 Å². The van der Waals surface area contributed by atoms with Gasteiger partial charge in [0, 0.05) is 25.1 Å². The lowest BCUT2D eigenvalue weighted by atomic mass is 10.2. The number of aliphatic hydroxyl groups excluding tert-OH is 1. The van der Waals surface area contributed by atoms with Gasteiger partial charge in [-0.15, -0.1) is 0 Å². The summed E-state index contributed by atoms with van der Waals surface area (Å²) in [6.07, 6.45) is 0. The molecule has 0 bridgehead atoms. The Kier molecular flexibility index (Phi) is 6.12. The van der Waals surface area contributed by atoms with Crippen molar-refractivity contribution in [3.63, 3.8) is 0 Å². The minimum Gasteiger partial charge on any atom is -0.378 e. The number of anilines is 1. The van der Waals surface area contributed by atoms with E-state index in [4.69, 9.17) is 4.52 Å². The van der Waals surface area contributed by atoms with Crippen molar-refractivity contribution in [3.05, 3.63) is 96.1 Å². The Labute approximate surface area is 160 Å². The molecule has 1 N–H and O–H groups in total. The van der Waals surface area contributed by atoms with Crippen LogP contribution in [0.4, 0.5) is 5.69 Å². The zero-order chi connectivity index (χ0) is 19.3. The summed E-state index contributed by atoms with van der Waals surface area (Å²) in [6, 6.07) is 25.9. The minimum absolute atomic E-state index is 0.164. The van der Waals surface area contributed by atoms with Crippen LogP contribution in [0.3, 0.4) is 0 Å². The van der Waals surface area contributed by atoms with Crippen LogP contribution in [0.5, 0.6) is 0 Å². The molecule has 0 aliphatic rings. The lowest BCUT2D eigenvalue weighted by Gasteiger charge is -2.25. The van der Waals surface area contributed by atoms with Crippen LogP contribution >= 0.6 is 7.37 Å². The van der Waals surface area contributed by atoms with Gasteiger partial charge in [-0.05, 0) is 35.4 Å². The molecule has 0 radical (unpaired) electrons. The SMILES string of the molecule is CN(C)c1ccc([P@](=O)(OCc2ccccc2)[C@H](O)c2ccccc2)cc1. The molecule has 27 heavy (non-hydrogen) atoms. The molecular weight excluding hydrogens is 357 g/mol. The average Bonchev–Trinajstić information content (AvgIpc) is 2.73. The highest BCUT2D eigenvalue weighted by Gasteiger charge is 2.36. The number of hydrogen-bond donors (Lipinski definition) is 1. The highest BCUT2D eigenvalue weighted by atomic mass is 31.2. The van der Waals surface area contributed by atoms with Crippen LogP contribution in [0.15, 0.2) is 84.9 Å². The predicted octanol–water partition coefficient (Wildman–Crippen LogP) is 4.56. The fraction of sp³-hybridized carbons (Fsp3) is 0.182. The Hall–Kier alpha value is -2.39. The largest absolute Gasteiger partial charge is 0.378 e. The normalized spacial score (nSPS) is 14.3. The maximum Gasteiger partial charge on any atom is 0.264 e. The van der Waals surface area contributed by atoms with E-state index in [9.17, 15) is 9.67 Å². The Morgan fingerprint density at radius 1 is 0.889 bits per heavy atom. The first-order valence-corrected chi connectivity index (χ1v) is 10.5. The zero-order valence-electron chi connectivity index (χ0n) is 15.5. The molecule has 0 fully saturated rings. The fourth-order valence-corrected chi connectivity index (χ4v) is 4.85. The van der Waals surface area contributed by atoms with Crippen LogP contribution < -0.4 is 10.2 Å². The molecule has 2 atom stereocenters. The zero-order valence-corrected chi connectivity index (χ0v) is 16.4. The Morgan fingerprint density at radius 3 is 2.00 bits per heavy atom. The third-order valence-corrected chi connectivity index (χ3v) is 6.88. The van der Waals surface area contributed by atoms with Crippen molar-refractivity contribution >= 4 is 18.4 Å². The molecule has 4 nitrogen and oxygen atoms in total. The molecule has 0 saturated carbocycles. The van der Waals surface area contributed by atoms with Crippen LogP contribution in [0.25, 0.3) is 0 Å². The molecular formula is C22H24NO3P. The minimum atomic E-state index is -3.56. The van der Waals surface area contributed by atoms with Crippen LogP contribution in [-0.2, 0) is 15.7 Å². The van der Waals surface area contributed by atoms with Crippen molar-refractivity contribution < 1.29 is 14.2 Å². The Bertz CT molecular complexity index is 896. The maximum absolute atomic E-state index is 13.9. The van der Waals surface area contributed by atoms with Gasteiger partial charge in [-0.25, -0.2) is 0 Å².